The van der Waals surface area contributed by atoms with Crippen molar-refractivity contribution in [3.8, 4) is 0 Å². The molecule has 2 aliphatic rings. The average molecular weight is 281 g/mol. The van der Waals surface area contributed by atoms with E-state index in [1.165, 1.54) is 45.1 Å². The molecule has 1 saturated heterocycles. The van der Waals surface area contributed by atoms with Crippen LogP contribution in [-0.2, 0) is 4.79 Å². The van der Waals surface area contributed by atoms with Gasteiger partial charge in [-0.15, -0.1) is 0 Å². The lowest BCUT2D eigenvalue weighted by Crippen LogP contribution is -2.58. The first-order valence-corrected chi connectivity index (χ1v) is 8.22. The van der Waals surface area contributed by atoms with E-state index < -0.39 is 5.54 Å². The molecule has 0 radical (unpaired) electrons. The van der Waals surface area contributed by atoms with Crippen molar-refractivity contribution >= 4 is 5.91 Å². The maximum Gasteiger partial charge on any atom is 0.237 e. The molecule has 1 aliphatic heterocycles. The molecule has 0 bridgehead atoms. The lowest BCUT2D eigenvalue weighted by Gasteiger charge is -2.48. The van der Waals surface area contributed by atoms with Crippen molar-refractivity contribution < 1.29 is 4.79 Å². The third-order valence-corrected chi connectivity index (χ3v) is 5.65. The van der Waals surface area contributed by atoms with E-state index in [0.29, 0.717) is 6.04 Å². The van der Waals surface area contributed by atoms with E-state index in [1.807, 2.05) is 14.0 Å². The van der Waals surface area contributed by atoms with Gasteiger partial charge < -0.3 is 11.1 Å². The summed E-state index contributed by atoms with van der Waals surface area (Å²) in [4.78, 5) is 14.4. The lowest BCUT2D eigenvalue weighted by atomic mass is 9.77. The number of fused-ring (bicyclic) bond motifs is 1. The molecular weight excluding hydrogens is 250 g/mol. The van der Waals surface area contributed by atoms with E-state index in [0.717, 1.165) is 18.4 Å². The zero-order valence-electron chi connectivity index (χ0n) is 13.3. The van der Waals surface area contributed by atoms with Crippen LogP contribution in [0.5, 0.6) is 0 Å². The van der Waals surface area contributed by atoms with Crippen molar-refractivity contribution in [3.05, 3.63) is 0 Å². The summed E-state index contributed by atoms with van der Waals surface area (Å²) in [7, 11) is 1.83. The minimum Gasteiger partial charge on any atom is -0.368 e. The Balaban J connectivity index is 2.03. The molecule has 0 spiro atoms. The quantitative estimate of drug-likeness (QED) is 0.809. The Kier molecular flexibility index (Phi) is 5.08. The maximum absolute atomic E-state index is 11.7. The summed E-state index contributed by atoms with van der Waals surface area (Å²) in [6.07, 6.45) is 8.99. The highest BCUT2D eigenvalue weighted by Crippen LogP contribution is 2.37. The van der Waals surface area contributed by atoms with Crippen LogP contribution in [0.15, 0.2) is 0 Å². The molecule has 1 heterocycles. The van der Waals surface area contributed by atoms with E-state index in [9.17, 15) is 4.79 Å². The number of nitrogens with one attached hydrogen (secondary N) is 1. The molecule has 4 nitrogen and oxygen atoms in total. The standard InChI is InChI=1S/C16H31N3O/c1-12(11-16(2,18-3)15(17)20)19-10-6-8-13-7-4-5-9-14(13)19/h12-14,18H,4-11H2,1-3H3,(H2,17,20)/t12?,13-,14-,16?/m1/s1. The number of carbonyl (C=O) groups is 1. The second-order valence-corrected chi connectivity index (χ2v) is 6.99. The summed E-state index contributed by atoms with van der Waals surface area (Å²) < 4.78 is 0. The van der Waals surface area contributed by atoms with Gasteiger partial charge in [-0.3, -0.25) is 9.69 Å². The zero-order valence-corrected chi connectivity index (χ0v) is 13.3. The Hall–Kier alpha value is -0.610. The van der Waals surface area contributed by atoms with Gasteiger partial charge in [0, 0.05) is 12.1 Å². The van der Waals surface area contributed by atoms with Crippen LogP contribution in [0.4, 0.5) is 0 Å². The summed E-state index contributed by atoms with van der Waals surface area (Å²) in [5, 5.41) is 3.12. The molecule has 0 aromatic rings. The Labute approximate surface area is 123 Å². The molecule has 1 amide bonds. The number of rotatable bonds is 5. The number of nitrogens with zero attached hydrogens (tertiary/aromatic N) is 1. The van der Waals surface area contributed by atoms with E-state index in [4.69, 9.17) is 5.73 Å². The summed E-state index contributed by atoms with van der Waals surface area (Å²) in [6.45, 7) is 5.37. The number of carbonyl (C=O) groups excluding carboxylic acids is 1. The van der Waals surface area contributed by atoms with Gasteiger partial charge in [-0.25, -0.2) is 0 Å². The minimum absolute atomic E-state index is 0.246. The summed E-state index contributed by atoms with van der Waals surface area (Å²) in [5.41, 5.74) is 4.97. The smallest absolute Gasteiger partial charge is 0.237 e. The van der Waals surface area contributed by atoms with Gasteiger partial charge in [0.05, 0.1) is 5.54 Å². The third kappa shape index (κ3) is 3.17. The molecule has 0 aromatic carbocycles. The fraction of sp³-hybridized carbons (Fsp3) is 0.938. The molecule has 20 heavy (non-hydrogen) atoms. The molecular formula is C16H31N3O. The van der Waals surface area contributed by atoms with E-state index in [1.54, 1.807) is 0 Å². The van der Waals surface area contributed by atoms with Crippen LogP contribution in [0, 0.1) is 5.92 Å². The number of primary amides is 1. The summed E-state index contributed by atoms with van der Waals surface area (Å²) in [6, 6.07) is 1.15. The SMILES string of the molecule is CNC(C)(CC(C)N1CCC[C@H]2CCCC[C@H]21)C(N)=O. The van der Waals surface area contributed by atoms with Gasteiger partial charge in [0.25, 0.3) is 0 Å². The summed E-state index contributed by atoms with van der Waals surface area (Å²) in [5.74, 6) is 0.637. The molecule has 3 N–H and O–H groups in total. The van der Waals surface area contributed by atoms with Gasteiger partial charge in [-0.05, 0) is 65.5 Å². The molecule has 1 aliphatic carbocycles. The van der Waals surface area contributed by atoms with Gasteiger partial charge in [0.15, 0.2) is 0 Å². The predicted molar refractivity (Wildman–Crippen MR) is 82.4 cm³/mol. The number of piperidine rings is 1. The van der Waals surface area contributed by atoms with Gasteiger partial charge in [-0.1, -0.05) is 12.8 Å². The predicted octanol–water partition coefficient (Wildman–Crippen LogP) is 1.88. The average Bonchev–Trinajstić information content (AvgIpc) is 2.46. The molecule has 2 unspecified atom stereocenters. The Morgan fingerprint density at radius 2 is 2.00 bits per heavy atom. The Morgan fingerprint density at radius 1 is 1.35 bits per heavy atom. The van der Waals surface area contributed by atoms with Crippen LogP contribution in [-0.4, -0.2) is 42.0 Å². The third-order valence-electron chi connectivity index (χ3n) is 5.65. The summed E-state index contributed by atoms with van der Waals surface area (Å²) >= 11 is 0. The topological polar surface area (TPSA) is 58.4 Å². The molecule has 116 valence electrons. The zero-order chi connectivity index (χ0) is 14.8. The largest absolute Gasteiger partial charge is 0.368 e. The molecule has 1 saturated carbocycles. The highest BCUT2D eigenvalue weighted by molar-refractivity contribution is 5.84. The molecule has 4 atom stereocenters. The first-order chi connectivity index (χ1) is 9.48. The molecule has 2 fully saturated rings. The van der Waals surface area contributed by atoms with Gasteiger partial charge in [0.2, 0.25) is 5.91 Å². The molecule has 0 aromatic heterocycles. The van der Waals surface area contributed by atoms with Crippen molar-refractivity contribution in [1.29, 1.82) is 0 Å². The molecule has 2 rings (SSSR count). The highest BCUT2D eigenvalue weighted by atomic mass is 16.1. The first kappa shape index (κ1) is 15.8. The first-order valence-electron chi connectivity index (χ1n) is 8.22. The number of likely N-dealkylation sites (tertiary alicyclic amines) is 1. The van der Waals surface area contributed by atoms with Gasteiger partial charge in [0.1, 0.15) is 0 Å². The van der Waals surface area contributed by atoms with Crippen LogP contribution in [0.3, 0.4) is 0 Å². The number of nitrogens with two attached hydrogens (primary N) is 1. The minimum atomic E-state index is -0.596. The number of amides is 1. The van der Waals surface area contributed by atoms with Crippen molar-refractivity contribution in [3.63, 3.8) is 0 Å². The van der Waals surface area contributed by atoms with Crippen LogP contribution < -0.4 is 11.1 Å². The fourth-order valence-corrected chi connectivity index (χ4v) is 4.24. The number of hydrogen-bond acceptors (Lipinski definition) is 3. The monoisotopic (exact) mass is 281 g/mol. The maximum atomic E-state index is 11.7. The van der Waals surface area contributed by atoms with E-state index in [-0.39, 0.29) is 5.91 Å². The van der Waals surface area contributed by atoms with Gasteiger partial charge in [-0.2, -0.15) is 0 Å². The van der Waals surface area contributed by atoms with Crippen LogP contribution >= 0.6 is 0 Å². The van der Waals surface area contributed by atoms with Crippen LogP contribution in [0.25, 0.3) is 0 Å². The van der Waals surface area contributed by atoms with Crippen molar-refractivity contribution in [2.24, 2.45) is 11.7 Å². The van der Waals surface area contributed by atoms with Crippen molar-refractivity contribution in [1.82, 2.24) is 10.2 Å². The number of hydrogen-bond donors (Lipinski definition) is 2. The second-order valence-electron chi connectivity index (χ2n) is 6.99. The van der Waals surface area contributed by atoms with Crippen LogP contribution in [0.1, 0.15) is 58.8 Å². The Morgan fingerprint density at radius 3 is 2.65 bits per heavy atom. The van der Waals surface area contributed by atoms with Gasteiger partial charge >= 0.3 is 0 Å². The van der Waals surface area contributed by atoms with E-state index >= 15 is 0 Å². The van der Waals surface area contributed by atoms with E-state index in [2.05, 4.69) is 17.1 Å². The Bertz CT molecular complexity index is 345. The number of likely N-dealkylation sites (N-methyl/N-ethyl adjacent to an activating group) is 1. The van der Waals surface area contributed by atoms with Crippen molar-refractivity contribution in [2.45, 2.75) is 76.4 Å². The lowest BCUT2D eigenvalue weighted by molar-refractivity contribution is -0.124. The second kappa shape index (κ2) is 6.44. The normalized spacial score (nSPS) is 32.1. The fourth-order valence-electron chi connectivity index (χ4n) is 4.24. The molecule has 4 heteroatoms. The highest BCUT2D eigenvalue weighted by Gasteiger charge is 2.39. The van der Waals surface area contributed by atoms with Crippen molar-refractivity contribution in [2.75, 3.05) is 13.6 Å². The van der Waals surface area contributed by atoms with Crippen LogP contribution in [0.2, 0.25) is 0 Å².